The van der Waals surface area contributed by atoms with Gasteiger partial charge in [0, 0.05) is 13.5 Å². The lowest BCUT2D eigenvalue weighted by molar-refractivity contribution is -0.159. The maximum atomic E-state index is 11.6. The van der Waals surface area contributed by atoms with Crippen molar-refractivity contribution in [2.24, 2.45) is 0 Å². The molecule has 0 aromatic rings. The third kappa shape index (κ3) is 2.36. The van der Waals surface area contributed by atoms with Crippen LogP contribution in [0.5, 0.6) is 0 Å². The first-order valence-corrected chi connectivity index (χ1v) is 6.06. The number of rotatable bonds is 3. The molecule has 0 aromatic heterocycles. The molecule has 0 unspecified atom stereocenters. The van der Waals surface area contributed by atoms with Crippen molar-refractivity contribution < 1.29 is 14.7 Å². The largest absolute Gasteiger partial charge is 0.479 e. The maximum Gasteiger partial charge on any atom is 0.329 e. The number of amides is 1. The number of hydrogen-bond donors (Lipinski definition) is 1. The minimum absolute atomic E-state index is 0.133. The predicted octanol–water partition coefficient (Wildman–Crippen LogP) is 2.03. The van der Waals surface area contributed by atoms with E-state index in [4.69, 9.17) is 0 Å². The summed E-state index contributed by atoms with van der Waals surface area (Å²) in [6, 6.07) is 0. The Balaban J connectivity index is 3.01. The van der Waals surface area contributed by atoms with Gasteiger partial charge in [-0.25, -0.2) is 4.79 Å². The standard InChI is InChI=1S/C12H21NO3/c1-3-13(10(2)14)12(11(15)16)8-6-4-5-7-9-12/h3-9H2,1-2H3,(H,15,16). The third-order valence-electron chi connectivity index (χ3n) is 3.54. The average molecular weight is 227 g/mol. The van der Waals surface area contributed by atoms with Crippen molar-refractivity contribution in [3.63, 3.8) is 0 Å². The molecule has 1 fully saturated rings. The van der Waals surface area contributed by atoms with E-state index < -0.39 is 11.5 Å². The van der Waals surface area contributed by atoms with E-state index in [1.807, 2.05) is 6.92 Å². The van der Waals surface area contributed by atoms with E-state index >= 15 is 0 Å². The van der Waals surface area contributed by atoms with Crippen LogP contribution in [0.2, 0.25) is 0 Å². The molecule has 0 bridgehead atoms. The van der Waals surface area contributed by atoms with Gasteiger partial charge in [-0.15, -0.1) is 0 Å². The predicted molar refractivity (Wildman–Crippen MR) is 61.1 cm³/mol. The number of nitrogens with zero attached hydrogens (tertiary/aromatic N) is 1. The second-order valence-corrected chi connectivity index (χ2v) is 4.51. The molecule has 1 aliphatic carbocycles. The molecule has 1 saturated carbocycles. The van der Waals surface area contributed by atoms with E-state index in [9.17, 15) is 14.7 Å². The molecule has 1 amide bonds. The number of carboxylic acids is 1. The van der Waals surface area contributed by atoms with E-state index in [0.29, 0.717) is 19.4 Å². The van der Waals surface area contributed by atoms with Gasteiger partial charge in [0.25, 0.3) is 0 Å². The van der Waals surface area contributed by atoms with Crippen molar-refractivity contribution in [3.05, 3.63) is 0 Å². The van der Waals surface area contributed by atoms with Crippen LogP contribution >= 0.6 is 0 Å². The van der Waals surface area contributed by atoms with Gasteiger partial charge in [0.05, 0.1) is 0 Å². The molecule has 1 rings (SSSR count). The number of hydrogen-bond acceptors (Lipinski definition) is 2. The summed E-state index contributed by atoms with van der Waals surface area (Å²) in [6.07, 6.45) is 5.13. The number of carboxylic acid groups (broad SMARTS) is 1. The zero-order valence-electron chi connectivity index (χ0n) is 10.2. The average Bonchev–Trinajstić information content (AvgIpc) is 2.45. The van der Waals surface area contributed by atoms with Crippen molar-refractivity contribution >= 4 is 11.9 Å². The minimum Gasteiger partial charge on any atom is -0.479 e. The lowest BCUT2D eigenvalue weighted by Crippen LogP contribution is -2.56. The molecule has 0 heterocycles. The third-order valence-corrected chi connectivity index (χ3v) is 3.54. The molecule has 92 valence electrons. The molecule has 0 atom stereocenters. The molecule has 4 heteroatoms. The smallest absolute Gasteiger partial charge is 0.329 e. The van der Waals surface area contributed by atoms with Gasteiger partial charge in [0.1, 0.15) is 5.54 Å². The van der Waals surface area contributed by atoms with Crippen molar-refractivity contribution in [3.8, 4) is 0 Å². The molecule has 1 aliphatic rings. The summed E-state index contributed by atoms with van der Waals surface area (Å²) in [6.45, 7) is 3.78. The Labute approximate surface area is 96.6 Å². The molecule has 0 radical (unpaired) electrons. The van der Waals surface area contributed by atoms with E-state index in [1.165, 1.54) is 11.8 Å². The van der Waals surface area contributed by atoms with Crippen LogP contribution in [0.4, 0.5) is 0 Å². The summed E-state index contributed by atoms with van der Waals surface area (Å²) in [4.78, 5) is 24.6. The Morgan fingerprint density at radius 3 is 2.00 bits per heavy atom. The lowest BCUT2D eigenvalue weighted by Gasteiger charge is -2.39. The summed E-state index contributed by atoms with van der Waals surface area (Å²) in [7, 11) is 0. The molecule has 0 spiro atoms. The van der Waals surface area contributed by atoms with Crippen LogP contribution < -0.4 is 0 Å². The molecule has 16 heavy (non-hydrogen) atoms. The fourth-order valence-corrected chi connectivity index (χ4v) is 2.74. The first-order chi connectivity index (χ1) is 7.54. The topological polar surface area (TPSA) is 57.6 Å². The highest BCUT2D eigenvalue weighted by atomic mass is 16.4. The summed E-state index contributed by atoms with van der Waals surface area (Å²) in [5.41, 5.74) is -0.947. The van der Waals surface area contributed by atoms with E-state index in [0.717, 1.165) is 25.7 Å². The molecule has 0 aromatic carbocycles. The van der Waals surface area contributed by atoms with Crippen LogP contribution in [0.3, 0.4) is 0 Å². The van der Waals surface area contributed by atoms with Crippen LogP contribution in [0, 0.1) is 0 Å². The molecule has 1 N–H and O–H groups in total. The van der Waals surface area contributed by atoms with Gasteiger partial charge in [0.15, 0.2) is 0 Å². The second kappa shape index (κ2) is 5.32. The van der Waals surface area contributed by atoms with Gasteiger partial charge in [0.2, 0.25) is 5.91 Å². The quantitative estimate of drug-likeness (QED) is 0.750. The van der Waals surface area contributed by atoms with Crippen LogP contribution in [-0.2, 0) is 9.59 Å². The van der Waals surface area contributed by atoms with Crippen LogP contribution in [-0.4, -0.2) is 34.0 Å². The van der Waals surface area contributed by atoms with Crippen molar-refractivity contribution in [1.29, 1.82) is 0 Å². The Bertz CT molecular complexity index is 267. The second-order valence-electron chi connectivity index (χ2n) is 4.51. The van der Waals surface area contributed by atoms with Crippen LogP contribution in [0.15, 0.2) is 0 Å². The number of carbonyl (C=O) groups is 2. The number of carbonyl (C=O) groups excluding carboxylic acids is 1. The number of aliphatic carboxylic acids is 1. The summed E-state index contributed by atoms with van der Waals surface area (Å²) >= 11 is 0. The zero-order valence-corrected chi connectivity index (χ0v) is 10.2. The molecule has 0 saturated heterocycles. The highest BCUT2D eigenvalue weighted by molar-refractivity contribution is 5.86. The van der Waals surface area contributed by atoms with E-state index in [1.54, 1.807) is 0 Å². The molecule has 0 aliphatic heterocycles. The van der Waals surface area contributed by atoms with Gasteiger partial charge in [-0.05, 0) is 19.8 Å². The minimum atomic E-state index is -0.947. The van der Waals surface area contributed by atoms with Gasteiger partial charge < -0.3 is 10.0 Å². The fourth-order valence-electron chi connectivity index (χ4n) is 2.74. The fraction of sp³-hybridized carbons (Fsp3) is 0.833. The van der Waals surface area contributed by atoms with Crippen molar-refractivity contribution in [2.75, 3.05) is 6.54 Å². The van der Waals surface area contributed by atoms with Crippen molar-refractivity contribution in [1.82, 2.24) is 4.90 Å². The highest BCUT2D eigenvalue weighted by Crippen LogP contribution is 2.33. The first-order valence-electron chi connectivity index (χ1n) is 6.06. The maximum absolute atomic E-state index is 11.6. The van der Waals surface area contributed by atoms with Gasteiger partial charge in [-0.1, -0.05) is 25.7 Å². The van der Waals surface area contributed by atoms with Crippen LogP contribution in [0.25, 0.3) is 0 Å². The normalized spacial score (nSPS) is 19.9. The SMILES string of the molecule is CCN(C(C)=O)C1(C(=O)O)CCCCCC1. The number of likely N-dealkylation sites (N-methyl/N-ethyl adjacent to an activating group) is 1. The Hall–Kier alpha value is -1.06. The van der Waals surface area contributed by atoms with Gasteiger partial charge >= 0.3 is 5.97 Å². The lowest BCUT2D eigenvalue weighted by atomic mass is 9.88. The molecule has 4 nitrogen and oxygen atoms in total. The monoisotopic (exact) mass is 227 g/mol. The van der Waals surface area contributed by atoms with Gasteiger partial charge in [-0.2, -0.15) is 0 Å². The Morgan fingerprint density at radius 1 is 1.19 bits per heavy atom. The Morgan fingerprint density at radius 2 is 1.69 bits per heavy atom. The van der Waals surface area contributed by atoms with Gasteiger partial charge in [-0.3, -0.25) is 4.79 Å². The van der Waals surface area contributed by atoms with E-state index in [2.05, 4.69) is 0 Å². The molecular formula is C12H21NO3. The summed E-state index contributed by atoms with van der Waals surface area (Å²) < 4.78 is 0. The highest BCUT2D eigenvalue weighted by Gasteiger charge is 2.44. The Kier molecular flexibility index (Phi) is 4.33. The van der Waals surface area contributed by atoms with Crippen LogP contribution in [0.1, 0.15) is 52.4 Å². The summed E-state index contributed by atoms with van der Waals surface area (Å²) in [5.74, 6) is -0.974. The molecular weight excluding hydrogens is 206 g/mol. The summed E-state index contributed by atoms with van der Waals surface area (Å²) in [5, 5.41) is 9.47. The van der Waals surface area contributed by atoms with Crippen molar-refractivity contribution in [2.45, 2.75) is 57.9 Å². The zero-order chi connectivity index (χ0) is 12.2. The van der Waals surface area contributed by atoms with E-state index in [-0.39, 0.29) is 5.91 Å². The first kappa shape index (κ1) is 13.0.